The van der Waals surface area contributed by atoms with Crippen molar-refractivity contribution in [1.29, 1.82) is 0 Å². The number of aromatic hydroxyl groups is 3. The molecule has 6 nitrogen and oxygen atoms in total. The highest BCUT2D eigenvalue weighted by Gasteiger charge is 2.33. The van der Waals surface area contributed by atoms with Crippen LogP contribution in [-0.2, 0) is 6.42 Å². The molecule has 1 aliphatic heterocycles. The van der Waals surface area contributed by atoms with Crippen molar-refractivity contribution >= 4 is 17.0 Å². The zero-order chi connectivity index (χ0) is 25.5. The van der Waals surface area contributed by atoms with Gasteiger partial charge in [0.25, 0.3) is 0 Å². The molecule has 2 aromatic carbocycles. The molecule has 3 aromatic rings. The molecule has 0 radical (unpaired) electrons. The van der Waals surface area contributed by atoms with Gasteiger partial charge in [-0.05, 0) is 90.7 Å². The summed E-state index contributed by atoms with van der Waals surface area (Å²) < 4.78 is 12.6. The van der Waals surface area contributed by atoms with Crippen molar-refractivity contribution in [3.8, 4) is 34.3 Å². The maximum Gasteiger partial charge on any atom is 0.173 e. The Hall–Kier alpha value is -3.38. The zero-order valence-corrected chi connectivity index (χ0v) is 21.0. The van der Waals surface area contributed by atoms with Gasteiger partial charge in [0.1, 0.15) is 28.4 Å². The lowest BCUT2D eigenvalue weighted by molar-refractivity contribution is 0.0712. The smallest absolute Gasteiger partial charge is 0.173 e. The predicted molar refractivity (Wildman–Crippen MR) is 138 cm³/mol. The molecule has 1 aliphatic rings. The second-order valence-corrected chi connectivity index (χ2v) is 10.5. The van der Waals surface area contributed by atoms with Crippen LogP contribution in [0.3, 0.4) is 0 Å². The van der Waals surface area contributed by atoms with Crippen LogP contribution in [-0.4, -0.2) is 31.6 Å². The number of benzene rings is 2. The third-order valence-electron chi connectivity index (χ3n) is 6.35. The van der Waals surface area contributed by atoms with Crippen LogP contribution in [0.1, 0.15) is 65.0 Å². The van der Waals surface area contributed by atoms with E-state index in [4.69, 9.17) is 9.15 Å². The fourth-order valence-corrected chi connectivity index (χ4v) is 4.44. The number of fused-ring (bicyclic) bond motifs is 3. The maximum absolute atomic E-state index is 11.4. The predicted octanol–water partition coefficient (Wildman–Crippen LogP) is 6.83. The summed E-state index contributed by atoms with van der Waals surface area (Å²) in [7, 11) is 0. The molecule has 186 valence electrons. The lowest BCUT2D eigenvalue weighted by Crippen LogP contribution is -2.32. The summed E-state index contributed by atoms with van der Waals surface area (Å²) in [6, 6.07) is 6.06. The molecule has 4 rings (SSSR count). The topological polar surface area (TPSA) is 103 Å². The lowest BCUT2D eigenvalue weighted by atomic mass is 9.90. The van der Waals surface area contributed by atoms with Gasteiger partial charge in [0.15, 0.2) is 11.5 Å². The molecule has 0 saturated carbocycles. The van der Waals surface area contributed by atoms with Crippen LogP contribution in [0.15, 0.2) is 46.4 Å². The first kappa shape index (κ1) is 24.7. The second kappa shape index (κ2) is 9.00. The van der Waals surface area contributed by atoms with Crippen molar-refractivity contribution in [2.45, 2.75) is 71.5 Å². The van der Waals surface area contributed by atoms with E-state index in [2.05, 4.69) is 19.9 Å². The summed E-state index contributed by atoms with van der Waals surface area (Å²) in [5.41, 5.74) is 2.05. The molecule has 0 fully saturated rings. The average molecular weight is 479 g/mol. The molecule has 4 N–H and O–H groups in total. The van der Waals surface area contributed by atoms with E-state index in [0.717, 1.165) is 12.8 Å². The molecular formula is C29H34O6. The number of rotatable bonds is 7. The second-order valence-electron chi connectivity index (χ2n) is 10.5. The Kier molecular flexibility index (Phi) is 6.36. The van der Waals surface area contributed by atoms with E-state index in [1.165, 1.54) is 23.8 Å². The van der Waals surface area contributed by atoms with E-state index in [1.54, 1.807) is 19.9 Å². The van der Waals surface area contributed by atoms with Crippen molar-refractivity contribution in [3.05, 3.63) is 53.1 Å². The Balaban J connectivity index is 1.85. The van der Waals surface area contributed by atoms with E-state index in [9.17, 15) is 20.4 Å². The summed E-state index contributed by atoms with van der Waals surface area (Å²) in [5.74, 6) is 0.686. The molecule has 1 aromatic heterocycles. The summed E-state index contributed by atoms with van der Waals surface area (Å²) in [4.78, 5) is 0. The Morgan fingerprint density at radius 2 is 1.74 bits per heavy atom. The number of hydrogen-bond acceptors (Lipinski definition) is 6. The van der Waals surface area contributed by atoms with Gasteiger partial charge in [-0.25, -0.2) is 0 Å². The van der Waals surface area contributed by atoms with Gasteiger partial charge in [-0.3, -0.25) is 0 Å². The fraction of sp³-hybridized carbons (Fsp3) is 0.379. The molecule has 0 spiro atoms. The van der Waals surface area contributed by atoms with E-state index < -0.39 is 11.2 Å². The number of ether oxygens (including phenoxy) is 1. The highest BCUT2D eigenvalue weighted by Crippen LogP contribution is 2.49. The van der Waals surface area contributed by atoms with Gasteiger partial charge in [-0.15, -0.1) is 0 Å². The molecule has 1 atom stereocenters. The Morgan fingerprint density at radius 1 is 1.06 bits per heavy atom. The summed E-state index contributed by atoms with van der Waals surface area (Å²) in [5, 5.41) is 42.3. The molecule has 2 heterocycles. The van der Waals surface area contributed by atoms with Gasteiger partial charge in [0.05, 0.1) is 11.2 Å². The molecule has 0 saturated heterocycles. The molecule has 0 aliphatic carbocycles. The van der Waals surface area contributed by atoms with Crippen LogP contribution in [0.25, 0.3) is 28.4 Å². The highest BCUT2D eigenvalue weighted by molar-refractivity contribution is 5.97. The first-order valence-corrected chi connectivity index (χ1v) is 11.9. The van der Waals surface area contributed by atoms with Gasteiger partial charge in [0, 0.05) is 22.6 Å². The van der Waals surface area contributed by atoms with Crippen molar-refractivity contribution in [2.75, 3.05) is 0 Å². The number of hydrogen-bond donors (Lipinski definition) is 4. The zero-order valence-electron chi connectivity index (χ0n) is 21.0. The first-order valence-electron chi connectivity index (χ1n) is 11.9. The lowest BCUT2D eigenvalue weighted by Gasteiger charge is -2.32. The first-order chi connectivity index (χ1) is 16.3. The summed E-state index contributed by atoms with van der Waals surface area (Å²) in [6.07, 6.45) is 8.51. The molecule has 0 bridgehead atoms. The monoisotopic (exact) mass is 478 g/mol. The number of phenolic OH excluding ortho intramolecular Hbond substituents is 3. The van der Waals surface area contributed by atoms with Crippen LogP contribution < -0.4 is 4.74 Å². The number of furan rings is 1. The highest BCUT2D eigenvalue weighted by atomic mass is 16.5. The van der Waals surface area contributed by atoms with Crippen molar-refractivity contribution in [1.82, 2.24) is 0 Å². The number of aliphatic hydroxyl groups is 1. The third kappa shape index (κ3) is 5.33. The average Bonchev–Trinajstić information content (AvgIpc) is 3.17. The normalized spacial score (nSPS) is 17.3. The van der Waals surface area contributed by atoms with Gasteiger partial charge >= 0.3 is 0 Å². The van der Waals surface area contributed by atoms with E-state index in [1.807, 2.05) is 19.1 Å². The third-order valence-corrected chi connectivity index (χ3v) is 6.35. The minimum Gasteiger partial charge on any atom is -0.508 e. The molecule has 0 amide bonds. The van der Waals surface area contributed by atoms with Crippen LogP contribution in [0, 0.1) is 0 Å². The van der Waals surface area contributed by atoms with Gasteiger partial charge in [0.2, 0.25) is 0 Å². The van der Waals surface area contributed by atoms with Crippen LogP contribution in [0.4, 0.5) is 0 Å². The molecular weight excluding hydrogens is 444 g/mol. The van der Waals surface area contributed by atoms with Crippen molar-refractivity contribution in [3.63, 3.8) is 0 Å². The van der Waals surface area contributed by atoms with Gasteiger partial charge in [-0.2, -0.15) is 0 Å². The Bertz CT molecular complexity index is 1300. The summed E-state index contributed by atoms with van der Waals surface area (Å²) >= 11 is 0. The molecule has 6 heteroatoms. The van der Waals surface area contributed by atoms with E-state index in [-0.39, 0.29) is 17.2 Å². The standard InChI is InChI=1S/C29H34O6/c1-17(2)7-6-10-29(5)12-9-22-26-23(16-24(34-26)18-13-19(30)15-20(31)14-18)21(8-11-28(3,4)33)25(32)27(22)35-29/h7,9,12-16,30-33H,6,8,10-11H2,1-5H3. The van der Waals surface area contributed by atoms with Gasteiger partial charge < -0.3 is 29.6 Å². The molecule has 1 unspecified atom stereocenters. The van der Waals surface area contributed by atoms with Crippen LogP contribution in [0.5, 0.6) is 23.0 Å². The van der Waals surface area contributed by atoms with Crippen LogP contribution in [0.2, 0.25) is 0 Å². The van der Waals surface area contributed by atoms with E-state index >= 15 is 0 Å². The Labute approximate surface area is 205 Å². The fourth-order valence-electron chi connectivity index (χ4n) is 4.44. The largest absolute Gasteiger partial charge is 0.508 e. The van der Waals surface area contributed by atoms with Crippen LogP contribution >= 0.6 is 0 Å². The van der Waals surface area contributed by atoms with Crippen molar-refractivity contribution in [2.24, 2.45) is 0 Å². The maximum atomic E-state index is 11.4. The van der Waals surface area contributed by atoms with Crippen molar-refractivity contribution < 1.29 is 29.6 Å². The quantitative estimate of drug-likeness (QED) is 0.278. The minimum atomic E-state index is -0.919. The van der Waals surface area contributed by atoms with E-state index in [0.29, 0.717) is 52.0 Å². The molecule has 35 heavy (non-hydrogen) atoms. The number of aryl methyl sites for hydroxylation is 1. The SMILES string of the molecule is CC(C)=CCCC1(C)C=Cc2c(c(O)c(CCC(C)(C)O)c3cc(-c4cc(O)cc(O)c4)oc23)O1. The minimum absolute atomic E-state index is 0.0423. The Morgan fingerprint density at radius 3 is 2.37 bits per heavy atom. The summed E-state index contributed by atoms with van der Waals surface area (Å²) in [6.45, 7) is 9.58. The van der Waals surface area contributed by atoms with Gasteiger partial charge in [-0.1, -0.05) is 11.6 Å². The number of allylic oxidation sites excluding steroid dienone is 2. The number of phenols is 3.